The standard InChI is InChI=1S/C22H22N2O4/c1-26-20-10-6-5-9-19(20)21-13-16(23-28-21)14-24(17-11-12-17)22(25)15-27-18-7-3-2-4-8-18/h2-10,13,17H,11-12,14-15H2,1H3. The van der Waals surface area contributed by atoms with Crippen LogP contribution in [-0.2, 0) is 11.3 Å². The molecule has 6 nitrogen and oxygen atoms in total. The molecule has 1 fully saturated rings. The number of carbonyl (C=O) groups is 1. The normalized spacial score (nSPS) is 13.2. The number of hydrogen-bond acceptors (Lipinski definition) is 5. The maximum atomic E-state index is 12.7. The molecule has 3 aromatic rings. The zero-order valence-electron chi connectivity index (χ0n) is 15.7. The van der Waals surface area contributed by atoms with Crippen LogP contribution >= 0.6 is 0 Å². The molecule has 1 aliphatic carbocycles. The van der Waals surface area contributed by atoms with Crippen LogP contribution in [0.1, 0.15) is 18.5 Å². The van der Waals surface area contributed by atoms with Gasteiger partial charge >= 0.3 is 0 Å². The molecule has 0 saturated heterocycles. The van der Waals surface area contributed by atoms with E-state index in [0.717, 1.165) is 24.2 Å². The first-order valence-electron chi connectivity index (χ1n) is 9.31. The molecule has 0 aliphatic heterocycles. The van der Waals surface area contributed by atoms with Crippen molar-refractivity contribution >= 4 is 5.91 Å². The van der Waals surface area contributed by atoms with Crippen molar-refractivity contribution in [3.8, 4) is 22.8 Å². The summed E-state index contributed by atoms with van der Waals surface area (Å²) in [5.74, 6) is 1.98. The van der Waals surface area contributed by atoms with E-state index in [4.69, 9.17) is 14.0 Å². The topological polar surface area (TPSA) is 64.8 Å². The Bertz CT molecular complexity index is 934. The summed E-state index contributed by atoms with van der Waals surface area (Å²) in [4.78, 5) is 14.5. The average Bonchev–Trinajstić information content (AvgIpc) is 3.48. The number of aromatic nitrogens is 1. The van der Waals surface area contributed by atoms with Crippen LogP contribution in [0, 0.1) is 0 Å². The molecule has 6 heteroatoms. The Morgan fingerprint density at radius 2 is 1.89 bits per heavy atom. The Morgan fingerprint density at radius 1 is 1.14 bits per heavy atom. The van der Waals surface area contributed by atoms with Gasteiger partial charge in [-0.2, -0.15) is 0 Å². The van der Waals surface area contributed by atoms with Crippen molar-refractivity contribution in [3.63, 3.8) is 0 Å². The Hall–Kier alpha value is -3.28. The van der Waals surface area contributed by atoms with Crippen molar-refractivity contribution in [2.45, 2.75) is 25.4 Å². The highest BCUT2D eigenvalue weighted by Crippen LogP contribution is 2.32. The number of hydrogen-bond donors (Lipinski definition) is 0. The van der Waals surface area contributed by atoms with E-state index in [1.165, 1.54) is 0 Å². The SMILES string of the molecule is COc1ccccc1-c1cc(CN(C(=O)COc2ccccc2)C2CC2)no1. The van der Waals surface area contributed by atoms with E-state index < -0.39 is 0 Å². The first-order chi connectivity index (χ1) is 13.7. The third kappa shape index (κ3) is 4.17. The van der Waals surface area contributed by atoms with Crippen molar-refractivity contribution in [1.29, 1.82) is 0 Å². The van der Waals surface area contributed by atoms with Gasteiger partial charge in [0.05, 0.1) is 19.2 Å². The van der Waals surface area contributed by atoms with Gasteiger partial charge in [-0.25, -0.2) is 0 Å². The predicted molar refractivity (Wildman–Crippen MR) is 104 cm³/mol. The summed E-state index contributed by atoms with van der Waals surface area (Å²) in [5.41, 5.74) is 1.54. The van der Waals surface area contributed by atoms with Gasteiger partial charge in [-0.05, 0) is 37.1 Å². The third-order valence-electron chi connectivity index (χ3n) is 4.68. The van der Waals surface area contributed by atoms with E-state index in [9.17, 15) is 4.79 Å². The third-order valence-corrected chi connectivity index (χ3v) is 4.68. The van der Waals surface area contributed by atoms with Crippen LogP contribution in [0.25, 0.3) is 11.3 Å². The number of benzene rings is 2. The Morgan fingerprint density at radius 3 is 2.64 bits per heavy atom. The van der Waals surface area contributed by atoms with Crippen molar-refractivity contribution in [1.82, 2.24) is 10.1 Å². The summed E-state index contributed by atoms with van der Waals surface area (Å²) in [6, 6.07) is 19.1. The first kappa shape index (κ1) is 18.1. The number of para-hydroxylation sites is 2. The molecular weight excluding hydrogens is 356 g/mol. The van der Waals surface area contributed by atoms with Crippen LogP contribution in [0.15, 0.2) is 65.2 Å². The average molecular weight is 378 g/mol. The maximum Gasteiger partial charge on any atom is 0.261 e. The molecule has 0 atom stereocenters. The van der Waals surface area contributed by atoms with E-state index in [-0.39, 0.29) is 18.6 Å². The number of ether oxygens (including phenoxy) is 2. The number of methoxy groups -OCH3 is 1. The lowest BCUT2D eigenvalue weighted by Gasteiger charge is -2.21. The minimum Gasteiger partial charge on any atom is -0.496 e. The fraction of sp³-hybridized carbons (Fsp3) is 0.273. The summed E-state index contributed by atoms with van der Waals surface area (Å²) in [7, 11) is 1.62. The molecule has 1 heterocycles. The minimum atomic E-state index is -0.0480. The zero-order valence-corrected chi connectivity index (χ0v) is 15.7. The second kappa shape index (κ2) is 8.17. The fourth-order valence-electron chi connectivity index (χ4n) is 3.09. The first-order valence-corrected chi connectivity index (χ1v) is 9.31. The van der Waals surface area contributed by atoms with Gasteiger partial charge in [0.1, 0.15) is 17.2 Å². The summed E-state index contributed by atoms with van der Waals surface area (Å²) >= 11 is 0. The van der Waals surface area contributed by atoms with Gasteiger partial charge < -0.3 is 18.9 Å². The quantitative estimate of drug-likeness (QED) is 0.594. The summed E-state index contributed by atoms with van der Waals surface area (Å²) in [6.45, 7) is 0.415. The smallest absolute Gasteiger partial charge is 0.261 e. The van der Waals surface area contributed by atoms with Crippen LogP contribution in [0.2, 0.25) is 0 Å². The Labute approximate surface area is 163 Å². The van der Waals surface area contributed by atoms with Crippen LogP contribution in [0.3, 0.4) is 0 Å². The molecular formula is C22H22N2O4. The van der Waals surface area contributed by atoms with Gasteiger partial charge in [0.15, 0.2) is 12.4 Å². The number of carbonyl (C=O) groups excluding carboxylic acids is 1. The fourth-order valence-corrected chi connectivity index (χ4v) is 3.09. The second-order valence-corrected chi connectivity index (χ2v) is 6.74. The Kier molecular flexibility index (Phi) is 5.28. The minimum absolute atomic E-state index is 0.0116. The molecule has 1 amide bonds. The highest BCUT2D eigenvalue weighted by molar-refractivity contribution is 5.78. The van der Waals surface area contributed by atoms with E-state index in [0.29, 0.717) is 23.7 Å². The van der Waals surface area contributed by atoms with Gasteiger partial charge in [-0.3, -0.25) is 4.79 Å². The van der Waals surface area contributed by atoms with E-state index in [1.807, 2.05) is 65.6 Å². The number of nitrogens with zero attached hydrogens (tertiary/aromatic N) is 2. The van der Waals surface area contributed by atoms with Gasteiger partial charge in [0.2, 0.25) is 0 Å². The molecule has 0 bridgehead atoms. The van der Waals surface area contributed by atoms with Crippen molar-refractivity contribution in [2.24, 2.45) is 0 Å². The molecule has 1 aromatic heterocycles. The van der Waals surface area contributed by atoms with Gasteiger partial charge in [-0.1, -0.05) is 35.5 Å². The van der Waals surface area contributed by atoms with Gasteiger partial charge in [0.25, 0.3) is 5.91 Å². The lowest BCUT2D eigenvalue weighted by Crippen LogP contribution is -2.36. The number of rotatable bonds is 8. The Balaban J connectivity index is 1.44. The highest BCUT2D eigenvalue weighted by Gasteiger charge is 2.33. The highest BCUT2D eigenvalue weighted by atomic mass is 16.5. The van der Waals surface area contributed by atoms with Crippen LogP contribution < -0.4 is 9.47 Å². The summed E-state index contributed by atoms with van der Waals surface area (Å²) < 4.78 is 16.5. The van der Waals surface area contributed by atoms with E-state index in [2.05, 4.69) is 5.16 Å². The van der Waals surface area contributed by atoms with E-state index >= 15 is 0 Å². The molecule has 0 spiro atoms. The largest absolute Gasteiger partial charge is 0.496 e. The molecule has 1 saturated carbocycles. The van der Waals surface area contributed by atoms with E-state index in [1.54, 1.807) is 7.11 Å². The molecule has 0 unspecified atom stereocenters. The maximum absolute atomic E-state index is 12.7. The molecule has 144 valence electrons. The van der Waals surface area contributed by atoms with Crippen molar-refractivity contribution in [3.05, 3.63) is 66.4 Å². The van der Waals surface area contributed by atoms with Crippen LogP contribution in [0.4, 0.5) is 0 Å². The van der Waals surface area contributed by atoms with Crippen LogP contribution in [0.5, 0.6) is 11.5 Å². The zero-order chi connectivity index (χ0) is 19.3. The van der Waals surface area contributed by atoms with Crippen molar-refractivity contribution < 1.29 is 18.8 Å². The molecule has 2 aromatic carbocycles. The second-order valence-electron chi connectivity index (χ2n) is 6.74. The molecule has 0 N–H and O–H groups in total. The lowest BCUT2D eigenvalue weighted by atomic mass is 10.1. The van der Waals surface area contributed by atoms with Gasteiger partial charge in [0, 0.05) is 12.1 Å². The van der Waals surface area contributed by atoms with Crippen molar-refractivity contribution in [2.75, 3.05) is 13.7 Å². The molecule has 28 heavy (non-hydrogen) atoms. The monoisotopic (exact) mass is 378 g/mol. The molecule has 4 rings (SSSR count). The van der Waals surface area contributed by atoms with Gasteiger partial charge in [-0.15, -0.1) is 0 Å². The number of amides is 1. The molecule has 1 aliphatic rings. The summed E-state index contributed by atoms with van der Waals surface area (Å²) in [6.07, 6.45) is 2.02. The summed E-state index contributed by atoms with van der Waals surface area (Å²) in [5, 5.41) is 4.15. The molecule has 0 radical (unpaired) electrons. The van der Waals surface area contributed by atoms with Crippen LogP contribution in [-0.4, -0.2) is 35.7 Å². The lowest BCUT2D eigenvalue weighted by molar-refractivity contribution is -0.134. The predicted octanol–water partition coefficient (Wildman–Crippen LogP) is 3.92.